The van der Waals surface area contributed by atoms with Crippen LogP contribution in [0, 0.1) is 6.92 Å². The average Bonchev–Trinajstić information content (AvgIpc) is 3.04. The Kier molecular flexibility index (Phi) is 5.38. The molecule has 3 rings (SSSR count). The Morgan fingerprint density at radius 3 is 2.68 bits per heavy atom. The highest BCUT2D eigenvalue weighted by atomic mass is 32.2. The van der Waals surface area contributed by atoms with E-state index in [1.165, 1.54) is 17.3 Å². The van der Waals surface area contributed by atoms with Crippen LogP contribution in [0.25, 0.3) is 22.4 Å². The molecule has 1 aromatic carbocycles. The zero-order valence-electron chi connectivity index (χ0n) is 14.7. The minimum Gasteiger partial charge on any atom is -0.343 e. The van der Waals surface area contributed by atoms with Gasteiger partial charge in [-0.25, -0.2) is 9.97 Å². The number of carbonyl (C=O) groups is 1. The Morgan fingerprint density at radius 2 is 2.00 bits per heavy atom. The number of hydrogen-bond donors (Lipinski definition) is 1. The number of amides is 1. The monoisotopic (exact) mass is 354 g/mol. The van der Waals surface area contributed by atoms with Crippen LogP contribution in [0.1, 0.15) is 19.4 Å². The van der Waals surface area contributed by atoms with Crippen LogP contribution in [0.3, 0.4) is 0 Å². The Hall–Kier alpha value is -2.34. The third-order valence-electron chi connectivity index (χ3n) is 4.11. The first-order chi connectivity index (χ1) is 12.1. The van der Waals surface area contributed by atoms with E-state index in [1.54, 1.807) is 6.20 Å². The summed E-state index contributed by atoms with van der Waals surface area (Å²) in [7, 11) is 0. The molecule has 6 heteroatoms. The molecule has 0 atom stereocenters. The number of aryl methyl sites for hydroxylation is 1. The van der Waals surface area contributed by atoms with Crippen molar-refractivity contribution < 1.29 is 4.79 Å². The Morgan fingerprint density at radius 1 is 1.20 bits per heavy atom. The summed E-state index contributed by atoms with van der Waals surface area (Å²) in [5, 5.41) is 0.844. The van der Waals surface area contributed by atoms with Crippen LogP contribution in [0.15, 0.2) is 41.6 Å². The van der Waals surface area contributed by atoms with Crippen LogP contribution in [0.4, 0.5) is 0 Å². The van der Waals surface area contributed by atoms with E-state index in [1.807, 2.05) is 36.9 Å². The maximum atomic E-state index is 12.1. The lowest BCUT2D eigenvalue weighted by Crippen LogP contribution is -2.31. The van der Waals surface area contributed by atoms with E-state index in [2.05, 4.69) is 34.0 Å². The summed E-state index contributed by atoms with van der Waals surface area (Å²) >= 11 is 1.47. The van der Waals surface area contributed by atoms with E-state index >= 15 is 0 Å². The van der Waals surface area contributed by atoms with Gasteiger partial charge in [0.05, 0.1) is 21.8 Å². The lowest BCUT2D eigenvalue weighted by Gasteiger charge is -2.17. The molecule has 0 unspecified atom stereocenters. The molecule has 0 fully saturated rings. The van der Waals surface area contributed by atoms with E-state index in [0.29, 0.717) is 5.75 Å². The summed E-state index contributed by atoms with van der Waals surface area (Å²) in [6.07, 6.45) is 1.80. The van der Waals surface area contributed by atoms with Gasteiger partial charge in [-0.1, -0.05) is 17.8 Å². The van der Waals surface area contributed by atoms with Gasteiger partial charge in [-0.15, -0.1) is 0 Å². The highest BCUT2D eigenvalue weighted by Gasteiger charge is 2.11. The van der Waals surface area contributed by atoms with Crippen molar-refractivity contribution in [3.05, 3.63) is 42.1 Å². The topological polar surface area (TPSA) is 61.9 Å². The SMILES string of the molecule is CCN(CC)C(=O)CSc1ccc(-c2nc3ccc(C)cc3[nH]2)cn1. The predicted octanol–water partition coefficient (Wildman–Crippen LogP) is 3.89. The lowest BCUT2D eigenvalue weighted by molar-refractivity contribution is -0.127. The molecule has 0 spiro atoms. The number of pyridine rings is 1. The molecule has 0 radical (unpaired) electrons. The van der Waals surface area contributed by atoms with E-state index in [0.717, 1.165) is 40.5 Å². The van der Waals surface area contributed by atoms with Crippen molar-refractivity contribution in [1.82, 2.24) is 19.9 Å². The largest absolute Gasteiger partial charge is 0.343 e. The summed E-state index contributed by atoms with van der Waals surface area (Å²) in [6, 6.07) is 10.1. The number of hydrogen-bond acceptors (Lipinski definition) is 4. The molecule has 1 N–H and O–H groups in total. The number of carbonyl (C=O) groups excluding carboxylic acids is 1. The maximum Gasteiger partial charge on any atom is 0.232 e. The Balaban J connectivity index is 1.70. The number of nitrogens with zero attached hydrogens (tertiary/aromatic N) is 3. The van der Waals surface area contributed by atoms with Crippen molar-refractivity contribution in [3.8, 4) is 11.4 Å². The normalized spacial score (nSPS) is 11.0. The Bertz CT molecular complexity index is 869. The first kappa shape index (κ1) is 17.5. The van der Waals surface area contributed by atoms with Crippen LogP contribution in [-0.4, -0.2) is 44.6 Å². The molecule has 2 aromatic heterocycles. The van der Waals surface area contributed by atoms with Gasteiger partial charge in [-0.3, -0.25) is 4.79 Å². The fraction of sp³-hybridized carbons (Fsp3) is 0.316. The van der Waals surface area contributed by atoms with Gasteiger partial charge in [0.15, 0.2) is 0 Å². The number of thioether (sulfide) groups is 1. The summed E-state index contributed by atoms with van der Waals surface area (Å²) in [5.74, 6) is 1.37. The van der Waals surface area contributed by atoms with E-state index in [4.69, 9.17) is 0 Å². The maximum absolute atomic E-state index is 12.1. The molecule has 0 aliphatic carbocycles. The standard InChI is InChI=1S/C19H22N4OS/c1-4-23(5-2)18(24)12-25-17-9-7-14(11-20-17)19-21-15-8-6-13(3)10-16(15)22-19/h6-11H,4-5,12H2,1-3H3,(H,21,22). The summed E-state index contributed by atoms with van der Waals surface area (Å²) in [6.45, 7) is 7.54. The van der Waals surface area contributed by atoms with Crippen LogP contribution in [0.5, 0.6) is 0 Å². The highest BCUT2D eigenvalue weighted by molar-refractivity contribution is 7.99. The minimum absolute atomic E-state index is 0.147. The predicted molar refractivity (Wildman–Crippen MR) is 103 cm³/mol. The van der Waals surface area contributed by atoms with Gasteiger partial charge in [0.25, 0.3) is 0 Å². The summed E-state index contributed by atoms with van der Waals surface area (Å²) in [5.41, 5.74) is 4.11. The molecule has 0 bridgehead atoms. The zero-order chi connectivity index (χ0) is 17.8. The number of rotatable bonds is 6. The molecule has 25 heavy (non-hydrogen) atoms. The highest BCUT2D eigenvalue weighted by Crippen LogP contribution is 2.23. The molecule has 0 saturated heterocycles. The van der Waals surface area contributed by atoms with Gasteiger partial charge in [0, 0.05) is 24.8 Å². The van der Waals surface area contributed by atoms with Crippen molar-refractivity contribution >= 4 is 28.7 Å². The Labute approximate surface area is 151 Å². The molecule has 0 aliphatic rings. The number of aromatic amines is 1. The first-order valence-corrected chi connectivity index (χ1v) is 9.42. The van der Waals surface area contributed by atoms with Crippen molar-refractivity contribution in [2.24, 2.45) is 0 Å². The molecule has 1 amide bonds. The molecule has 2 heterocycles. The van der Waals surface area contributed by atoms with Gasteiger partial charge < -0.3 is 9.88 Å². The molecule has 3 aromatic rings. The minimum atomic E-state index is 0.147. The van der Waals surface area contributed by atoms with Crippen molar-refractivity contribution in [1.29, 1.82) is 0 Å². The quantitative estimate of drug-likeness (QED) is 0.682. The average molecular weight is 354 g/mol. The van der Waals surface area contributed by atoms with Crippen molar-refractivity contribution in [3.63, 3.8) is 0 Å². The van der Waals surface area contributed by atoms with Gasteiger partial charge in [0.1, 0.15) is 5.82 Å². The fourth-order valence-corrected chi connectivity index (χ4v) is 3.41. The van der Waals surface area contributed by atoms with Gasteiger partial charge in [-0.2, -0.15) is 0 Å². The lowest BCUT2D eigenvalue weighted by atomic mass is 10.2. The number of H-pyrrole nitrogens is 1. The van der Waals surface area contributed by atoms with Gasteiger partial charge >= 0.3 is 0 Å². The molecular formula is C19H22N4OS. The number of aromatic nitrogens is 3. The van der Waals surface area contributed by atoms with Crippen LogP contribution in [0.2, 0.25) is 0 Å². The van der Waals surface area contributed by atoms with Crippen molar-refractivity contribution in [2.45, 2.75) is 25.8 Å². The number of fused-ring (bicyclic) bond motifs is 1. The van der Waals surface area contributed by atoms with E-state index in [9.17, 15) is 4.79 Å². The second-order valence-electron chi connectivity index (χ2n) is 5.85. The third kappa shape index (κ3) is 4.02. The van der Waals surface area contributed by atoms with E-state index in [-0.39, 0.29) is 5.91 Å². The molecule has 0 saturated carbocycles. The molecule has 0 aliphatic heterocycles. The molecule has 130 valence electrons. The van der Waals surface area contributed by atoms with Crippen LogP contribution < -0.4 is 0 Å². The third-order valence-corrected chi connectivity index (χ3v) is 5.04. The van der Waals surface area contributed by atoms with Crippen LogP contribution >= 0.6 is 11.8 Å². The van der Waals surface area contributed by atoms with Crippen molar-refractivity contribution in [2.75, 3.05) is 18.8 Å². The second kappa shape index (κ2) is 7.70. The number of nitrogens with one attached hydrogen (secondary N) is 1. The smallest absolute Gasteiger partial charge is 0.232 e. The summed E-state index contributed by atoms with van der Waals surface area (Å²) < 4.78 is 0. The van der Waals surface area contributed by atoms with Gasteiger partial charge in [-0.05, 0) is 50.6 Å². The fourth-order valence-electron chi connectivity index (χ4n) is 2.67. The zero-order valence-corrected chi connectivity index (χ0v) is 15.6. The number of benzene rings is 1. The van der Waals surface area contributed by atoms with Crippen LogP contribution in [-0.2, 0) is 4.79 Å². The van der Waals surface area contributed by atoms with Gasteiger partial charge in [0.2, 0.25) is 5.91 Å². The summed E-state index contributed by atoms with van der Waals surface area (Å²) in [4.78, 5) is 26.3. The first-order valence-electron chi connectivity index (χ1n) is 8.44. The number of imidazole rings is 1. The van der Waals surface area contributed by atoms with E-state index < -0.39 is 0 Å². The molecule has 5 nitrogen and oxygen atoms in total. The molecular weight excluding hydrogens is 332 g/mol. The second-order valence-corrected chi connectivity index (χ2v) is 6.84.